The molecule has 0 aromatic heterocycles. The fraction of sp³-hybridized carbons (Fsp3) is 0.462. The molecule has 0 bridgehead atoms. The van der Waals surface area contributed by atoms with Crippen LogP contribution in [0, 0.1) is 0 Å². The maximum absolute atomic E-state index is 11.6. The van der Waals surface area contributed by atoms with Crippen molar-refractivity contribution >= 4 is 11.7 Å². The maximum Gasteiger partial charge on any atom is 0.314 e. The maximum atomic E-state index is 11.6. The smallest absolute Gasteiger partial charge is 0.314 e. The Labute approximate surface area is 100 Å². The average Bonchev–Trinajstić information content (AvgIpc) is 2.79. The average molecular weight is 235 g/mol. The molecule has 0 saturated heterocycles. The molecule has 0 spiro atoms. The highest BCUT2D eigenvalue weighted by molar-refractivity contribution is 5.85. The molecule has 2 rings (SSSR count). The summed E-state index contributed by atoms with van der Waals surface area (Å²) in [6.07, 6.45) is 3.17. The summed E-state index contributed by atoms with van der Waals surface area (Å²) in [5.74, 6) is -0.232. The molecule has 1 aliphatic rings. The molecular weight excluding hydrogens is 218 g/mol. The number of hydrogen-bond acceptors (Lipinski definition) is 3. The van der Waals surface area contributed by atoms with E-state index in [1.807, 2.05) is 0 Å². The van der Waals surface area contributed by atoms with Gasteiger partial charge in [-0.25, -0.2) is 0 Å². The Kier molecular flexibility index (Phi) is 2.96. The Morgan fingerprint density at radius 2 is 2.06 bits per heavy atom. The predicted octanol–water partition coefficient (Wildman–Crippen LogP) is 2.17. The van der Waals surface area contributed by atoms with Gasteiger partial charge in [0.2, 0.25) is 0 Å². The molecule has 0 atom stereocenters. The normalized spacial score (nSPS) is 17.9. The summed E-state index contributed by atoms with van der Waals surface area (Å²) in [6, 6.07) is 5.36. The van der Waals surface area contributed by atoms with Gasteiger partial charge < -0.3 is 15.6 Å². The minimum absolute atomic E-state index is 0.458. The number of benzene rings is 1. The first kappa shape index (κ1) is 11.8. The lowest BCUT2D eigenvalue weighted by molar-refractivity contribution is -0.143. The van der Waals surface area contributed by atoms with Crippen LogP contribution in [0.5, 0.6) is 5.75 Å². The largest absolute Gasteiger partial charge is 0.495 e. The van der Waals surface area contributed by atoms with E-state index in [0.717, 1.165) is 12.8 Å². The summed E-state index contributed by atoms with van der Waals surface area (Å²) in [5, 5.41) is 9.51. The Balaban J connectivity index is 2.54. The minimum atomic E-state index is -0.821. The van der Waals surface area contributed by atoms with Crippen molar-refractivity contribution < 1.29 is 14.6 Å². The van der Waals surface area contributed by atoms with E-state index in [9.17, 15) is 9.90 Å². The zero-order chi connectivity index (χ0) is 12.5. The molecule has 1 aliphatic carbocycles. The standard InChI is InChI=1S/C13H17NO3/c1-17-10-6-4-5-9(11(10)14)13(12(15)16)7-2-3-8-13/h4-6H,2-3,7-8,14H2,1H3,(H,15,16). The summed E-state index contributed by atoms with van der Waals surface area (Å²) in [5.41, 5.74) is 6.34. The first-order valence-electron chi connectivity index (χ1n) is 5.78. The van der Waals surface area contributed by atoms with Gasteiger partial charge in [-0.1, -0.05) is 25.0 Å². The predicted molar refractivity (Wildman–Crippen MR) is 65.2 cm³/mol. The second-order valence-corrected chi connectivity index (χ2v) is 4.52. The van der Waals surface area contributed by atoms with E-state index in [1.165, 1.54) is 7.11 Å². The molecule has 0 heterocycles. The van der Waals surface area contributed by atoms with Gasteiger partial charge in [0.25, 0.3) is 0 Å². The van der Waals surface area contributed by atoms with Crippen molar-refractivity contribution in [2.24, 2.45) is 0 Å². The number of carboxylic acids is 1. The molecule has 0 unspecified atom stereocenters. The molecule has 1 saturated carbocycles. The summed E-state index contributed by atoms with van der Waals surface area (Å²) in [6.45, 7) is 0. The monoisotopic (exact) mass is 235 g/mol. The molecule has 1 aromatic rings. The Hall–Kier alpha value is -1.71. The molecule has 3 N–H and O–H groups in total. The first-order chi connectivity index (χ1) is 8.12. The van der Waals surface area contributed by atoms with Crippen molar-refractivity contribution in [2.45, 2.75) is 31.1 Å². The summed E-state index contributed by atoms with van der Waals surface area (Å²) in [4.78, 5) is 11.6. The third-order valence-corrected chi connectivity index (χ3v) is 3.67. The van der Waals surface area contributed by atoms with Gasteiger partial charge in [0.1, 0.15) is 5.75 Å². The molecule has 4 nitrogen and oxygen atoms in total. The van der Waals surface area contributed by atoms with E-state index in [4.69, 9.17) is 10.5 Å². The Morgan fingerprint density at radius 1 is 1.41 bits per heavy atom. The molecule has 4 heteroatoms. The fourth-order valence-electron chi connectivity index (χ4n) is 2.72. The van der Waals surface area contributed by atoms with Gasteiger partial charge in [0, 0.05) is 0 Å². The van der Waals surface area contributed by atoms with Crippen LogP contribution in [0.2, 0.25) is 0 Å². The number of carbonyl (C=O) groups is 1. The lowest BCUT2D eigenvalue weighted by Crippen LogP contribution is -2.33. The van der Waals surface area contributed by atoms with Crippen LogP contribution in [-0.4, -0.2) is 18.2 Å². The second-order valence-electron chi connectivity index (χ2n) is 4.52. The highest BCUT2D eigenvalue weighted by Gasteiger charge is 2.44. The van der Waals surface area contributed by atoms with Crippen LogP contribution in [0.4, 0.5) is 5.69 Å². The van der Waals surface area contributed by atoms with Crippen LogP contribution in [0.3, 0.4) is 0 Å². The van der Waals surface area contributed by atoms with Crippen molar-refractivity contribution in [3.8, 4) is 5.75 Å². The number of para-hydroxylation sites is 1. The third-order valence-electron chi connectivity index (χ3n) is 3.67. The van der Waals surface area contributed by atoms with Crippen molar-refractivity contribution in [1.82, 2.24) is 0 Å². The first-order valence-corrected chi connectivity index (χ1v) is 5.78. The number of ether oxygens (including phenoxy) is 1. The lowest BCUT2D eigenvalue weighted by atomic mass is 9.78. The number of carboxylic acid groups (broad SMARTS) is 1. The molecule has 17 heavy (non-hydrogen) atoms. The minimum Gasteiger partial charge on any atom is -0.495 e. The number of hydrogen-bond donors (Lipinski definition) is 2. The van der Waals surface area contributed by atoms with Gasteiger partial charge in [-0.15, -0.1) is 0 Å². The van der Waals surface area contributed by atoms with Crippen molar-refractivity contribution in [1.29, 1.82) is 0 Å². The van der Waals surface area contributed by atoms with Crippen LogP contribution in [-0.2, 0) is 10.2 Å². The van der Waals surface area contributed by atoms with Crippen molar-refractivity contribution in [3.63, 3.8) is 0 Å². The molecule has 0 radical (unpaired) electrons. The van der Waals surface area contributed by atoms with Gasteiger partial charge in [-0.05, 0) is 24.5 Å². The molecule has 1 aromatic carbocycles. The highest BCUT2D eigenvalue weighted by atomic mass is 16.5. The fourth-order valence-corrected chi connectivity index (χ4v) is 2.72. The quantitative estimate of drug-likeness (QED) is 0.787. The van der Waals surface area contributed by atoms with Crippen molar-refractivity contribution in [3.05, 3.63) is 23.8 Å². The summed E-state index contributed by atoms with van der Waals surface area (Å²) < 4.78 is 5.15. The van der Waals surface area contributed by atoms with Crippen LogP contribution >= 0.6 is 0 Å². The van der Waals surface area contributed by atoms with Gasteiger partial charge in [0.05, 0.1) is 18.2 Å². The Morgan fingerprint density at radius 3 is 2.59 bits per heavy atom. The van der Waals surface area contributed by atoms with Crippen LogP contribution < -0.4 is 10.5 Å². The topological polar surface area (TPSA) is 72.5 Å². The van der Waals surface area contributed by atoms with Gasteiger partial charge >= 0.3 is 5.97 Å². The van der Waals surface area contributed by atoms with Crippen LogP contribution in [0.1, 0.15) is 31.2 Å². The molecule has 0 amide bonds. The zero-order valence-corrected chi connectivity index (χ0v) is 9.90. The third kappa shape index (κ3) is 1.73. The Bertz CT molecular complexity index is 436. The van der Waals surface area contributed by atoms with Gasteiger partial charge in [0.15, 0.2) is 0 Å². The van der Waals surface area contributed by atoms with E-state index in [-0.39, 0.29) is 0 Å². The number of methoxy groups -OCH3 is 1. The summed E-state index contributed by atoms with van der Waals surface area (Å²) in [7, 11) is 1.54. The second kappa shape index (κ2) is 4.28. The SMILES string of the molecule is COc1cccc(C2(C(=O)O)CCCC2)c1N. The number of anilines is 1. The molecule has 0 aliphatic heterocycles. The molecule has 92 valence electrons. The van der Waals surface area contributed by atoms with E-state index in [0.29, 0.717) is 29.8 Å². The van der Waals surface area contributed by atoms with Crippen LogP contribution in [0.25, 0.3) is 0 Å². The molecule has 1 fully saturated rings. The molecular formula is C13H17NO3. The van der Waals surface area contributed by atoms with Crippen LogP contribution in [0.15, 0.2) is 18.2 Å². The highest BCUT2D eigenvalue weighted by Crippen LogP contribution is 2.45. The van der Waals surface area contributed by atoms with Gasteiger partial charge in [-0.2, -0.15) is 0 Å². The number of nitrogen functional groups attached to an aromatic ring is 1. The van der Waals surface area contributed by atoms with E-state index >= 15 is 0 Å². The summed E-state index contributed by atoms with van der Waals surface area (Å²) >= 11 is 0. The number of nitrogens with two attached hydrogens (primary N) is 1. The lowest BCUT2D eigenvalue weighted by Gasteiger charge is -2.26. The van der Waals surface area contributed by atoms with E-state index < -0.39 is 11.4 Å². The van der Waals surface area contributed by atoms with Crippen molar-refractivity contribution in [2.75, 3.05) is 12.8 Å². The number of rotatable bonds is 3. The van der Waals surface area contributed by atoms with E-state index in [1.54, 1.807) is 18.2 Å². The van der Waals surface area contributed by atoms with Gasteiger partial charge in [-0.3, -0.25) is 4.79 Å². The van der Waals surface area contributed by atoms with E-state index in [2.05, 4.69) is 0 Å². The zero-order valence-electron chi connectivity index (χ0n) is 9.90. The number of aliphatic carboxylic acids is 1.